The van der Waals surface area contributed by atoms with Crippen LogP contribution >= 0.6 is 0 Å². The van der Waals surface area contributed by atoms with Crippen molar-refractivity contribution in [2.75, 3.05) is 19.7 Å². The van der Waals surface area contributed by atoms with Gasteiger partial charge >= 0.3 is 5.97 Å². The number of terminal acetylenes is 1. The van der Waals surface area contributed by atoms with Crippen molar-refractivity contribution in [2.24, 2.45) is 17.8 Å². The highest BCUT2D eigenvalue weighted by Gasteiger charge is 2.42. The van der Waals surface area contributed by atoms with Gasteiger partial charge in [0.1, 0.15) is 0 Å². The number of amides is 2. The number of likely N-dealkylation sites (tertiary alicyclic amines) is 1. The van der Waals surface area contributed by atoms with E-state index in [-0.39, 0.29) is 31.5 Å². The number of nitrogens with zero attached hydrogens (tertiary/aromatic N) is 1. The monoisotopic (exact) mass is 334 g/mol. The van der Waals surface area contributed by atoms with Gasteiger partial charge < -0.3 is 15.0 Å². The summed E-state index contributed by atoms with van der Waals surface area (Å²) in [5, 5.41) is 2.43. The molecular formula is C18H26N2O4. The van der Waals surface area contributed by atoms with Crippen molar-refractivity contribution in [3.05, 3.63) is 0 Å². The van der Waals surface area contributed by atoms with Crippen molar-refractivity contribution in [3.8, 4) is 12.3 Å². The lowest BCUT2D eigenvalue weighted by Gasteiger charge is -2.39. The molecular weight excluding hydrogens is 308 g/mol. The van der Waals surface area contributed by atoms with Gasteiger partial charge in [-0.2, -0.15) is 0 Å². The van der Waals surface area contributed by atoms with Crippen LogP contribution in [0.2, 0.25) is 0 Å². The minimum absolute atomic E-state index is 0.0136. The van der Waals surface area contributed by atoms with Crippen molar-refractivity contribution in [3.63, 3.8) is 0 Å². The highest BCUT2D eigenvalue weighted by molar-refractivity contribution is 5.88. The highest BCUT2D eigenvalue weighted by atomic mass is 16.5. The molecule has 1 aliphatic carbocycles. The number of hydrogen-bond donors (Lipinski definition) is 1. The van der Waals surface area contributed by atoms with E-state index in [1.165, 1.54) is 6.42 Å². The second-order valence-corrected chi connectivity index (χ2v) is 6.87. The van der Waals surface area contributed by atoms with Gasteiger partial charge in [0.25, 0.3) is 5.91 Å². The van der Waals surface area contributed by atoms with E-state index < -0.39 is 17.8 Å². The number of ether oxygens (including phenoxy) is 1. The molecule has 4 atom stereocenters. The predicted molar refractivity (Wildman–Crippen MR) is 88.6 cm³/mol. The Morgan fingerprint density at radius 3 is 2.83 bits per heavy atom. The van der Waals surface area contributed by atoms with Gasteiger partial charge in [0.05, 0.1) is 12.5 Å². The molecule has 1 aliphatic heterocycles. The second-order valence-electron chi connectivity index (χ2n) is 6.87. The maximum atomic E-state index is 12.3. The van der Waals surface area contributed by atoms with Gasteiger partial charge in [-0.15, -0.1) is 6.42 Å². The van der Waals surface area contributed by atoms with Crippen LogP contribution in [0.4, 0.5) is 0 Å². The van der Waals surface area contributed by atoms with Crippen LogP contribution in [0.5, 0.6) is 0 Å². The molecule has 0 radical (unpaired) electrons. The summed E-state index contributed by atoms with van der Waals surface area (Å²) in [4.78, 5) is 37.7. The summed E-state index contributed by atoms with van der Waals surface area (Å²) in [6.07, 6.45) is 8.51. The smallest absolute Gasteiger partial charge is 0.311 e. The van der Waals surface area contributed by atoms with E-state index >= 15 is 0 Å². The van der Waals surface area contributed by atoms with E-state index in [9.17, 15) is 14.4 Å². The largest absolute Gasteiger partial charge is 0.455 e. The maximum absolute atomic E-state index is 12.3. The Hall–Kier alpha value is -2.03. The highest BCUT2D eigenvalue weighted by Crippen LogP contribution is 2.35. The zero-order valence-corrected chi connectivity index (χ0v) is 14.4. The van der Waals surface area contributed by atoms with Crippen LogP contribution in [0.25, 0.3) is 0 Å². The number of nitrogens with one attached hydrogen (secondary N) is 1. The maximum Gasteiger partial charge on any atom is 0.311 e. The van der Waals surface area contributed by atoms with Crippen molar-refractivity contribution >= 4 is 17.8 Å². The van der Waals surface area contributed by atoms with Gasteiger partial charge in [-0.05, 0) is 18.3 Å². The number of rotatable bonds is 5. The van der Waals surface area contributed by atoms with Crippen LogP contribution in [0.15, 0.2) is 0 Å². The molecule has 0 spiro atoms. The lowest BCUT2D eigenvalue weighted by molar-refractivity contribution is -0.152. The Morgan fingerprint density at radius 2 is 2.12 bits per heavy atom. The number of hydrogen-bond acceptors (Lipinski definition) is 4. The normalized spacial score (nSPS) is 29.9. The molecule has 0 bridgehead atoms. The Bertz CT molecular complexity index is 540. The Morgan fingerprint density at radius 1 is 1.38 bits per heavy atom. The van der Waals surface area contributed by atoms with Crippen LogP contribution in [0.1, 0.15) is 39.5 Å². The van der Waals surface area contributed by atoms with Gasteiger partial charge in [0.15, 0.2) is 6.61 Å². The van der Waals surface area contributed by atoms with Crippen LogP contribution < -0.4 is 5.32 Å². The molecule has 2 fully saturated rings. The van der Waals surface area contributed by atoms with E-state index in [0.29, 0.717) is 18.4 Å². The van der Waals surface area contributed by atoms with Crippen LogP contribution in [0, 0.1) is 30.1 Å². The molecule has 1 N–H and O–H groups in total. The molecule has 24 heavy (non-hydrogen) atoms. The first-order valence-electron chi connectivity index (χ1n) is 8.60. The van der Waals surface area contributed by atoms with E-state index in [2.05, 4.69) is 25.1 Å². The zero-order valence-electron chi connectivity index (χ0n) is 14.4. The molecule has 1 heterocycles. The number of esters is 1. The third-order valence-corrected chi connectivity index (χ3v) is 5.29. The molecule has 2 amide bonds. The summed E-state index contributed by atoms with van der Waals surface area (Å²) in [5.74, 6) is 1.90. The average molecular weight is 334 g/mol. The molecule has 0 aromatic heterocycles. The summed E-state index contributed by atoms with van der Waals surface area (Å²) in [6, 6.07) is 0.206. The zero-order chi connectivity index (χ0) is 17.7. The average Bonchev–Trinajstić information content (AvgIpc) is 2.95. The molecule has 6 heteroatoms. The van der Waals surface area contributed by atoms with Crippen molar-refractivity contribution in [2.45, 2.75) is 45.6 Å². The topological polar surface area (TPSA) is 75.7 Å². The Labute approximate surface area is 143 Å². The summed E-state index contributed by atoms with van der Waals surface area (Å²) >= 11 is 0. The predicted octanol–water partition coefficient (Wildman–Crippen LogP) is 0.952. The van der Waals surface area contributed by atoms with Crippen LogP contribution in [-0.2, 0) is 19.1 Å². The minimum Gasteiger partial charge on any atom is -0.455 e. The lowest BCUT2D eigenvalue weighted by Crippen LogP contribution is -2.45. The first-order valence-corrected chi connectivity index (χ1v) is 8.60. The molecule has 1 saturated heterocycles. The summed E-state index contributed by atoms with van der Waals surface area (Å²) < 4.78 is 5.02. The summed E-state index contributed by atoms with van der Waals surface area (Å²) in [6.45, 7) is 4.54. The number of carbonyl (C=O) groups excluding carboxylic acids is 3. The third kappa shape index (κ3) is 4.28. The fraction of sp³-hybridized carbons (Fsp3) is 0.722. The van der Waals surface area contributed by atoms with E-state index in [1.807, 2.05) is 4.90 Å². The molecule has 2 aliphatic rings. The van der Waals surface area contributed by atoms with Gasteiger partial charge in [-0.3, -0.25) is 14.4 Å². The quantitative estimate of drug-likeness (QED) is 0.600. The van der Waals surface area contributed by atoms with Gasteiger partial charge in [0, 0.05) is 19.0 Å². The van der Waals surface area contributed by atoms with E-state index in [4.69, 9.17) is 11.2 Å². The second kappa shape index (κ2) is 8.18. The lowest BCUT2D eigenvalue weighted by atomic mass is 9.77. The first-order chi connectivity index (χ1) is 11.4. The fourth-order valence-corrected chi connectivity index (χ4v) is 3.66. The van der Waals surface area contributed by atoms with Crippen molar-refractivity contribution < 1.29 is 19.1 Å². The standard InChI is InChI=1S/C18H26N2O4/c1-4-8-19-16(21)11-24-18(23)14-9-17(22)20(10-14)15-7-5-6-12(2)13(15)3/h1,12-15H,5-11H2,2-3H3,(H,19,21)/t12-,13-,14-,15-/m1/s1. The van der Waals surface area contributed by atoms with Gasteiger partial charge in [0.2, 0.25) is 5.91 Å². The van der Waals surface area contributed by atoms with Crippen molar-refractivity contribution in [1.29, 1.82) is 0 Å². The fourth-order valence-electron chi connectivity index (χ4n) is 3.66. The van der Waals surface area contributed by atoms with Gasteiger partial charge in [-0.1, -0.05) is 32.6 Å². The summed E-state index contributed by atoms with van der Waals surface area (Å²) in [7, 11) is 0. The molecule has 0 unspecified atom stereocenters. The van der Waals surface area contributed by atoms with Gasteiger partial charge in [-0.25, -0.2) is 0 Å². The Balaban J connectivity index is 1.86. The third-order valence-electron chi connectivity index (χ3n) is 5.29. The van der Waals surface area contributed by atoms with Crippen LogP contribution in [-0.4, -0.2) is 48.4 Å². The molecule has 132 valence electrons. The minimum atomic E-state index is -0.488. The molecule has 1 saturated carbocycles. The van der Waals surface area contributed by atoms with Crippen LogP contribution in [0.3, 0.4) is 0 Å². The Kier molecular flexibility index (Phi) is 6.24. The first kappa shape index (κ1) is 18.3. The van der Waals surface area contributed by atoms with Crippen molar-refractivity contribution in [1.82, 2.24) is 10.2 Å². The van der Waals surface area contributed by atoms with E-state index in [1.54, 1.807) is 0 Å². The summed E-state index contributed by atoms with van der Waals surface area (Å²) in [5.41, 5.74) is 0. The molecule has 2 rings (SSSR count). The molecule has 0 aromatic rings. The molecule has 0 aromatic carbocycles. The molecule has 6 nitrogen and oxygen atoms in total. The number of carbonyl (C=O) groups is 3. The SMILES string of the molecule is C#CCNC(=O)COC(=O)[C@@H]1CC(=O)N([C@@H]2CCC[C@@H](C)[C@H]2C)C1. The van der Waals surface area contributed by atoms with E-state index in [0.717, 1.165) is 12.8 Å².